The fourth-order valence-corrected chi connectivity index (χ4v) is 1.54. The van der Waals surface area contributed by atoms with Crippen molar-refractivity contribution in [2.75, 3.05) is 13.2 Å². The summed E-state index contributed by atoms with van der Waals surface area (Å²) >= 11 is 0. The number of nitrogens with one attached hydrogen (secondary N) is 2. The monoisotopic (exact) mass is 254 g/mol. The summed E-state index contributed by atoms with van der Waals surface area (Å²) in [4.78, 5) is 11.0. The zero-order valence-electron chi connectivity index (χ0n) is 9.56. The van der Waals surface area contributed by atoms with Crippen LogP contribution in [0.1, 0.15) is 20.8 Å². The minimum absolute atomic E-state index is 0.0425. The van der Waals surface area contributed by atoms with Crippen LogP contribution in [0.25, 0.3) is 0 Å². The van der Waals surface area contributed by atoms with Gasteiger partial charge in [0.1, 0.15) is 0 Å². The lowest BCUT2D eigenvalue weighted by atomic mass is 10.2. The molecule has 0 bridgehead atoms. The van der Waals surface area contributed by atoms with Crippen molar-refractivity contribution >= 4 is 16.3 Å². The summed E-state index contributed by atoms with van der Waals surface area (Å²) in [6, 6.07) is 0. The highest BCUT2D eigenvalue weighted by Crippen LogP contribution is 1.92. The van der Waals surface area contributed by atoms with E-state index in [9.17, 15) is 13.2 Å². The van der Waals surface area contributed by atoms with Gasteiger partial charge in [-0.15, -0.1) is 0 Å². The van der Waals surface area contributed by atoms with E-state index >= 15 is 0 Å². The average Bonchev–Trinajstić information content (AvgIpc) is 2.11. The molecule has 0 heterocycles. The predicted molar refractivity (Wildman–Crippen MR) is 57.9 cm³/mol. The van der Waals surface area contributed by atoms with Crippen molar-refractivity contribution in [2.45, 2.75) is 26.9 Å². The van der Waals surface area contributed by atoms with E-state index in [4.69, 9.17) is 5.11 Å². The molecule has 1 atom stereocenters. The molecule has 0 spiro atoms. The minimum Gasteiger partial charge on any atom is -0.446 e. The van der Waals surface area contributed by atoms with Gasteiger partial charge in [-0.05, 0) is 19.8 Å². The molecule has 1 amide bonds. The van der Waals surface area contributed by atoms with E-state index in [1.165, 1.54) is 0 Å². The molecule has 0 radical (unpaired) electrons. The van der Waals surface area contributed by atoms with Gasteiger partial charge in [0.15, 0.2) is 0 Å². The standard InChI is InChI=1S/C8H18N2O5S/c1-6(2)15-8(12)10-16(13,14)9-4-7(3)5-11/h6-7,9,11H,4-5H2,1-3H3,(H,10,12). The second-order valence-corrected chi connectivity index (χ2v) is 5.20. The molecule has 0 aliphatic carbocycles. The molecule has 8 heteroatoms. The number of carbonyl (C=O) groups is 1. The summed E-state index contributed by atoms with van der Waals surface area (Å²) in [5.41, 5.74) is 0. The van der Waals surface area contributed by atoms with Crippen LogP contribution < -0.4 is 9.44 Å². The number of amides is 1. The van der Waals surface area contributed by atoms with E-state index < -0.39 is 22.4 Å². The minimum atomic E-state index is -3.92. The first-order valence-corrected chi connectivity index (χ1v) is 6.34. The largest absolute Gasteiger partial charge is 0.446 e. The molecule has 0 aromatic rings. The van der Waals surface area contributed by atoms with Gasteiger partial charge in [0.05, 0.1) is 6.10 Å². The maximum Gasteiger partial charge on any atom is 0.422 e. The fourth-order valence-electron chi connectivity index (χ4n) is 0.700. The van der Waals surface area contributed by atoms with Crippen LogP contribution in [0.2, 0.25) is 0 Å². The van der Waals surface area contributed by atoms with Crippen molar-refractivity contribution in [3.8, 4) is 0 Å². The van der Waals surface area contributed by atoms with Crippen LogP contribution in [0.5, 0.6) is 0 Å². The lowest BCUT2D eigenvalue weighted by molar-refractivity contribution is 0.121. The molecule has 96 valence electrons. The highest BCUT2D eigenvalue weighted by molar-refractivity contribution is 7.88. The lowest BCUT2D eigenvalue weighted by Crippen LogP contribution is -2.43. The van der Waals surface area contributed by atoms with Gasteiger partial charge in [-0.3, -0.25) is 0 Å². The Balaban J connectivity index is 4.10. The Morgan fingerprint density at radius 3 is 2.38 bits per heavy atom. The fraction of sp³-hybridized carbons (Fsp3) is 0.875. The Labute approximate surface area is 95.4 Å². The van der Waals surface area contributed by atoms with Crippen LogP contribution in [0.15, 0.2) is 0 Å². The van der Waals surface area contributed by atoms with Crippen LogP contribution in [0.3, 0.4) is 0 Å². The quantitative estimate of drug-likeness (QED) is 0.597. The van der Waals surface area contributed by atoms with Gasteiger partial charge in [0.2, 0.25) is 0 Å². The van der Waals surface area contributed by atoms with Crippen molar-refractivity contribution in [2.24, 2.45) is 5.92 Å². The molecule has 0 aromatic carbocycles. The number of rotatable bonds is 6. The first kappa shape index (κ1) is 15.1. The van der Waals surface area contributed by atoms with Crippen molar-refractivity contribution < 1.29 is 23.1 Å². The summed E-state index contributed by atoms with van der Waals surface area (Å²) < 4.78 is 30.9. The maximum atomic E-state index is 11.2. The highest BCUT2D eigenvalue weighted by atomic mass is 32.2. The molecule has 0 rings (SSSR count). The number of hydrogen-bond donors (Lipinski definition) is 3. The summed E-state index contributed by atoms with van der Waals surface area (Å²) in [7, 11) is -3.92. The van der Waals surface area contributed by atoms with Crippen LogP contribution in [-0.4, -0.2) is 38.9 Å². The van der Waals surface area contributed by atoms with E-state index in [0.29, 0.717) is 0 Å². The number of aliphatic hydroxyl groups excluding tert-OH is 1. The third-order valence-electron chi connectivity index (χ3n) is 1.49. The topological polar surface area (TPSA) is 105 Å². The summed E-state index contributed by atoms with van der Waals surface area (Å²) in [5, 5.41) is 8.69. The Bertz CT molecular complexity index is 314. The average molecular weight is 254 g/mol. The second-order valence-electron chi connectivity index (χ2n) is 3.70. The van der Waals surface area contributed by atoms with Gasteiger partial charge in [0, 0.05) is 13.2 Å². The Morgan fingerprint density at radius 1 is 1.38 bits per heavy atom. The lowest BCUT2D eigenvalue weighted by Gasteiger charge is -2.12. The third kappa shape index (κ3) is 7.43. The van der Waals surface area contributed by atoms with E-state index in [-0.39, 0.29) is 19.1 Å². The SMILES string of the molecule is CC(CO)CNS(=O)(=O)NC(=O)OC(C)C. The van der Waals surface area contributed by atoms with Crippen molar-refractivity contribution in [3.63, 3.8) is 0 Å². The molecule has 7 nitrogen and oxygen atoms in total. The molecule has 16 heavy (non-hydrogen) atoms. The predicted octanol–water partition coefficient (Wildman–Crippen LogP) is -0.416. The van der Waals surface area contributed by atoms with Crippen molar-refractivity contribution in [1.82, 2.24) is 9.44 Å². The summed E-state index contributed by atoms with van der Waals surface area (Å²) in [6.07, 6.45) is -1.43. The number of carbonyl (C=O) groups excluding carboxylic acids is 1. The number of ether oxygens (including phenoxy) is 1. The molecule has 0 fully saturated rings. The number of hydrogen-bond acceptors (Lipinski definition) is 5. The van der Waals surface area contributed by atoms with E-state index in [1.807, 2.05) is 0 Å². The van der Waals surface area contributed by atoms with Gasteiger partial charge in [0.25, 0.3) is 0 Å². The molecule has 3 N–H and O–H groups in total. The smallest absolute Gasteiger partial charge is 0.422 e. The molecule has 0 saturated heterocycles. The van der Waals surface area contributed by atoms with Crippen molar-refractivity contribution in [3.05, 3.63) is 0 Å². The van der Waals surface area contributed by atoms with E-state index in [1.54, 1.807) is 25.5 Å². The molecule has 0 saturated carbocycles. The summed E-state index contributed by atoms with van der Waals surface area (Å²) in [6.45, 7) is 4.77. The molecule has 0 aromatic heterocycles. The van der Waals surface area contributed by atoms with Gasteiger partial charge >= 0.3 is 16.3 Å². The van der Waals surface area contributed by atoms with Crippen LogP contribution in [0.4, 0.5) is 4.79 Å². The van der Waals surface area contributed by atoms with Gasteiger partial charge < -0.3 is 9.84 Å². The van der Waals surface area contributed by atoms with Gasteiger partial charge in [-0.2, -0.15) is 13.1 Å². The Hall–Kier alpha value is -0.860. The summed E-state index contributed by atoms with van der Waals surface area (Å²) in [5.74, 6) is -0.224. The first-order valence-electron chi connectivity index (χ1n) is 4.85. The molecule has 1 unspecified atom stereocenters. The second kappa shape index (κ2) is 6.66. The number of aliphatic hydroxyl groups is 1. The van der Waals surface area contributed by atoms with Crippen LogP contribution in [-0.2, 0) is 14.9 Å². The van der Waals surface area contributed by atoms with Gasteiger partial charge in [-0.25, -0.2) is 9.52 Å². The molecule has 0 aliphatic heterocycles. The van der Waals surface area contributed by atoms with E-state index in [2.05, 4.69) is 9.46 Å². The van der Waals surface area contributed by atoms with Crippen LogP contribution in [0, 0.1) is 5.92 Å². The maximum absolute atomic E-state index is 11.2. The highest BCUT2D eigenvalue weighted by Gasteiger charge is 2.16. The van der Waals surface area contributed by atoms with Crippen molar-refractivity contribution in [1.29, 1.82) is 0 Å². The zero-order chi connectivity index (χ0) is 12.8. The molecular formula is C8H18N2O5S. The van der Waals surface area contributed by atoms with Crippen LogP contribution >= 0.6 is 0 Å². The Kier molecular flexibility index (Phi) is 6.31. The molecular weight excluding hydrogens is 236 g/mol. The molecule has 0 aliphatic rings. The Morgan fingerprint density at radius 2 is 1.94 bits per heavy atom. The normalized spacial score (nSPS) is 13.6. The first-order chi connectivity index (χ1) is 7.26. The van der Waals surface area contributed by atoms with Gasteiger partial charge in [-0.1, -0.05) is 6.92 Å². The zero-order valence-corrected chi connectivity index (χ0v) is 10.4. The van der Waals surface area contributed by atoms with E-state index in [0.717, 1.165) is 0 Å². The third-order valence-corrected chi connectivity index (χ3v) is 2.48.